The van der Waals surface area contributed by atoms with Gasteiger partial charge in [-0.2, -0.15) is 10.1 Å². The second-order valence-corrected chi connectivity index (χ2v) is 4.21. The molecule has 0 N–H and O–H groups in total. The standard InChI is InChI=1S/C12H13ClN2O/c1-3-9-8(2)14-15(12(9)16)11-7-5-4-6-10(11)13/h4-7,9H,3H2,1-2H3. The Hall–Kier alpha value is -1.35. The van der Waals surface area contributed by atoms with E-state index in [4.69, 9.17) is 11.6 Å². The molecular weight excluding hydrogens is 224 g/mol. The first kappa shape index (κ1) is 11.1. The van der Waals surface area contributed by atoms with Gasteiger partial charge < -0.3 is 0 Å². The van der Waals surface area contributed by atoms with E-state index in [0.717, 1.165) is 12.1 Å². The zero-order valence-corrected chi connectivity index (χ0v) is 10.0. The first-order chi connectivity index (χ1) is 7.65. The highest BCUT2D eigenvalue weighted by Crippen LogP contribution is 2.30. The third-order valence-electron chi connectivity index (χ3n) is 2.76. The van der Waals surface area contributed by atoms with Crippen molar-refractivity contribution in [3.8, 4) is 0 Å². The Kier molecular flexibility index (Phi) is 2.97. The van der Waals surface area contributed by atoms with Crippen LogP contribution in [0.5, 0.6) is 0 Å². The highest BCUT2D eigenvalue weighted by Gasteiger charge is 2.33. The highest BCUT2D eigenvalue weighted by molar-refractivity contribution is 6.34. The summed E-state index contributed by atoms with van der Waals surface area (Å²) in [5.74, 6) is -0.0932. The second kappa shape index (κ2) is 4.26. The number of carbonyl (C=O) groups excluding carboxylic acids is 1. The number of nitrogens with zero attached hydrogens (tertiary/aromatic N) is 2. The van der Waals surface area contributed by atoms with Gasteiger partial charge in [0.15, 0.2) is 0 Å². The van der Waals surface area contributed by atoms with Crippen molar-refractivity contribution in [2.24, 2.45) is 11.0 Å². The summed E-state index contributed by atoms with van der Waals surface area (Å²) in [6, 6.07) is 7.24. The quantitative estimate of drug-likeness (QED) is 0.777. The maximum atomic E-state index is 12.1. The Morgan fingerprint density at radius 1 is 1.44 bits per heavy atom. The van der Waals surface area contributed by atoms with Gasteiger partial charge in [-0.25, -0.2) is 0 Å². The monoisotopic (exact) mass is 236 g/mol. The van der Waals surface area contributed by atoms with Crippen molar-refractivity contribution in [3.63, 3.8) is 0 Å². The van der Waals surface area contributed by atoms with Crippen molar-refractivity contribution in [2.75, 3.05) is 5.01 Å². The SMILES string of the molecule is CCC1C(=O)N(c2ccccc2Cl)N=C1C. The molecule has 1 amide bonds. The average molecular weight is 237 g/mol. The Labute approximate surface area is 99.7 Å². The van der Waals surface area contributed by atoms with Crippen molar-refractivity contribution < 1.29 is 4.79 Å². The molecule has 1 aromatic rings. The molecule has 1 heterocycles. The Morgan fingerprint density at radius 2 is 2.12 bits per heavy atom. The van der Waals surface area contributed by atoms with Crippen LogP contribution in [-0.4, -0.2) is 11.6 Å². The van der Waals surface area contributed by atoms with Gasteiger partial charge in [0.2, 0.25) is 0 Å². The van der Waals surface area contributed by atoms with Crippen LogP contribution in [0.3, 0.4) is 0 Å². The summed E-state index contributed by atoms with van der Waals surface area (Å²) in [7, 11) is 0. The van der Waals surface area contributed by atoms with Gasteiger partial charge in [-0.05, 0) is 25.5 Å². The summed E-state index contributed by atoms with van der Waals surface area (Å²) >= 11 is 6.05. The van der Waals surface area contributed by atoms with Gasteiger partial charge in [-0.15, -0.1) is 0 Å². The van der Waals surface area contributed by atoms with Crippen LogP contribution in [0.1, 0.15) is 20.3 Å². The van der Waals surface area contributed by atoms with Gasteiger partial charge >= 0.3 is 0 Å². The minimum Gasteiger partial charge on any atom is -0.272 e. The average Bonchev–Trinajstić information content (AvgIpc) is 2.55. The van der Waals surface area contributed by atoms with E-state index in [1.54, 1.807) is 12.1 Å². The Morgan fingerprint density at radius 3 is 2.69 bits per heavy atom. The number of hydrogen-bond acceptors (Lipinski definition) is 2. The maximum Gasteiger partial charge on any atom is 0.256 e. The van der Waals surface area contributed by atoms with Gasteiger partial charge in [0.05, 0.1) is 16.6 Å². The Bertz CT molecular complexity index is 456. The first-order valence-corrected chi connectivity index (χ1v) is 5.66. The van der Waals surface area contributed by atoms with Crippen molar-refractivity contribution in [2.45, 2.75) is 20.3 Å². The molecule has 1 aliphatic rings. The van der Waals surface area contributed by atoms with Crippen LogP contribution in [0.15, 0.2) is 29.4 Å². The smallest absolute Gasteiger partial charge is 0.256 e. The molecule has 3 nitrogen and oxygen atoms in total. The summed E-state index contributed by atoms with van der Waals surface area (Å²) < 4.78 is 0. The summed E-state index contributed by atoms with van der Waals surface area (Å²) in [5, 5.41) is 6.22. The number of amides is 1. The largest absolute Gasteiger partial charge is 0.272 e. The number of benzene rings is 1. The van der Waals surface area contributed by atoms with E-state index >= 15 is 0 Å². The highest BCUT2D eigenvalue weighted by atomic mass is 35.5. The molecule has 0 saturated carbocycles. The van der Waals surface area contributed by atoms with Crippen LogP contribution >= 0.6 is 11.6 Å². The van der Waals surface area contributed by atoms with Gasteiger partial charge in [-0.3, -0.25) is 4.79 Å². The molecule has 1 aliphatic heterocycles. The molecule has 0 aliphatic carbocycles. The van der Waals surface area contributed by atoms with E-state index in [-0.39, 0.29) is 11.8 Å². The number of carbonyl (C=O) groups is 1. The molecular formula is C12H13ClN2O. The molecule has 84 valence electrons. The fourth-order valence-corrected chi connectivity index (χ4v) is 2.08. The summed E-state index contributed by atoms with van der Waals surface area (Å²) in [6.07, 6.45) is 0.773. The van der Waals surface area contributed by atoms with E-state index in [0.29, 0.717) is 10.7 Å². The fraction of sp³-hybridized carbons (Fsp3) is 0.333. The summed E-state index contributed by atoms with van der Waals surface area (Å²) in [6.45, 7) is 3.86. The topological polar surface area (TPSA) is 32.7 Å². The zero-order valence-electron chi connectivity index (χ0n) is 9.27. The number of hydrogen-bond donors (Lipinski definition) is 0. The lowest BCUT2D eigenvalue weighted by Crippen LogP contribution is -2.26. The molecule has 2 rings (SSSR count). The third-order valence-corrected chi connectivity index (χ3v) is 3.08. The number of anilines is 1. The molecule has 0 spiro atoms. The predicted molar refractivity (Wildman–Crippen MR) is 65.8 cm³/mol. The van der Waals surface area contributed by atoms with Crippen LogP contribution in [0, 0.1) is 5.92 Å². The van der Waals surface area contributed by atoms with Gasteiger partial charge in [0, 0.05) is 5.71 Å². The van der Waals surface area contributed by atoms with Crippen molar-refractivity contribution in [1.29, 1.82) is 0 Å². The first-order valence-electron chi connectivity index (χ1n) is 5.28. The lowest BCUT2D eigenvalue weighted by atomic mass is 10.0. The van der Waals surface area contributed by atoms with Crippen LogP contribution < -0.4 is 5.01 Å². The lowest BCUT2D eigenvalue weighted by Gasteiger charge is -2.14. The molecule has 0 bridgehead atoms. The van der Waals surface area contributed by atoms with E-state index in [1.165, 1.54) is 5.01 Å². The normalized spacial score (nSPS) is 20.2. The molecule has 0 fully saturated rings. The van der Waals surface area contributed by atoms with Crippen LogP contribution in [0.25, 0.3) is 0 Å². The fourth-order valence-electron chi connectivity index (χ4n) is 1.87. The summed E-state index contributed by atoms with van der Waals surface area (Å²) in [4.78, 5) is 12.1. The van der Waals surface area contributed by atoms with Crippen molar-refractivity contribution in [3.05, 3.63) is 29.3 Å². The van der Waals surface area contributed by atoms with E-state index in [1.807, 2.05) is 26.0 Å². The van der Waals surface area contributed by atoms with Crippen LogP contribution in [0.2, 0.25) is 5.02 Å². The van der Waals surface area contributed by atoms with Gasteiger partial charge in [0.1, 0.15) is 0 Å². The molecule has 0 aromatic heterocycles. The summed E-state index contributed by atoms with van der Waals surface area (Å²) in [5.41, 5.74) is 1.51. The van der Waals surface area contributed by atoms with Crippen LogP contribution in [-0.2, 0) is 4.79 Å². The maximum absolute atomic E-state index is 12.1. The molecule has 0 saturated heterocycles. The van der Waals surface area contributed by atoms with Gasteiger partial charge in [0.25, 0.3) is 5.91 Å². The molecule has 1 atom stereocenters. The Balaban J connectivity index is 2.38. The molecule has 1 aromatic carbocycles. The molecule has 16 heavy (non-hydrogen) atoms. The number of halogens is 1. The minimum absolute atomic E-state index is 0.00750. The predicted octanol–water partition coefficient (Wildman–Crippen LogP) is 3.09. The van der Waals surface area contributed by atoms with Crippen molar-refractivity contribution >= 4 is 28.9 Å². The van der Waals surface area contributed by atoms with Gasteiger partial charge in [-0.1, -0.05) is 30.7 Å². The minimum atomic E-state index is -0.101. The van der Waals surface area contributed by atoms with E-state index in [2.05, 4.69) is 5.10 Å². The lowest BCUT2D eigenvalue weighted by molar-refractivity contribution is -0.119. The van der Waals surface area contributed by atoms with E-state index in [9.17, 15) is 4.79 Å². The third kappa shape index (κ3) is 1.71. The number of rotatable bonds is 2. The molecule has 4 heteroatoms. The molecule has 1 unspecified atom stereocenters. The van der Waals surface area contributed by atoms with Crippen LogP contribution in [0.4, 0.5) is 5.69 Å². The zero-order chi connectivity index (χ0) is 11.7. The number of hydrazone groups is 1. The number of para-hydroxylation sites is 1. The second-order valence-electron chi connectivity index (χ2n) is 3.80. The molecule has 0 radical (unpaired) electrons. The van der Waals surface area contributed by atoms with Crippen molar-refractivity contribution in [1.82, 2.24) is 0 Å². The van der Waals surface area contributed by atoms with E-state index < -0.39 is 0 Å².